The van der Waals surface area contributed by atoms with Gasteiger partial charge in [-0.2, -0.15) is 0 Å². The number of piperazine rings is 1. The van der Waals surface area contributed by atoms with Crippen LogP contribution in [0.3, 0.4) is 0 Å². The molecule has 0 amide bonds. The molecule has 0 spiro atoms. The van der Waals surface area contributed by atoms with Gasteiger partial charge < -0.3 is 19.4 Å². The average molecular weight is 336 g/mol. The van der Waals surface area contributed by atoms with Gasteiger partial charge in [0.1, 0.15) is 11.3 Å². The van der Waals surface area contributed by atoms with Crippen LogP contribution >= 0.6 is 0 Å². The molecule has 25 heavy (non-hydrogen) atoms. The van der Waals surface area contributed by atoms with Gasteiger partial charge in [-0.15, -0.1) is 0 Å². The first-order valence-electron chi connectivity index (χ1n) is 8.42. The summed E-state index contributed by atoms with van der Waals surface area (Å²) in [6.07, 6.45) is 0. The van der Waals surface area contributed by atoms with Gasteiger partial charge >= 0.3 is 5.63 Å². The Kier molecular flexibility index (Phi) is 4.15. The zero-order chi connectivity index (χ0) is 17.2. The van der Waals surface area contributed by atoms with E-state index in [1.807, 2.05) is 42.5 Å². The predicted molar refractivity (Wildman–Crippen MR) is 99.6 cm³/mol. The van der Waals surface area contributed by atoms with Gasteiger partial charge in [0.2, 0.25) is 0 Å². The van der Waals surface area contributed by atoms with Crippen molar-refractivity contribution in [3.8, 4) is 16.9 Å². The summed E-state index contributed by atoms with van der Waals surface area (Å²) < 4.78 is 10.9. The fourth-order valence-electron chi connectivity index (χ4n) is 3.21. The van der Waals surface area contributed by atoms with E-state index >= 15 is 0 Å². The highest BCUT2D eigenvalue weighted by Crippen LogP contribution is 2.27. The van der Waals surface area contributed by atoms with E-state index in [-0.39, 0.29) is 5.63 Å². The summed E-state index contributed by atoms with van der Waals surface area (Å²) in [6, 6.07) is 15.4. The molecule has 1 aliphatic heterocycles. The molecule has 0 unspecified atom stereocenters. The first-order chi connectivity index (χ1) is 12.2. The third kappa shape index (κ3) is 3.10. The summed E-state index contributed by atoms with van der Waals surface area (Å²) in [5.74, 6) is 0.714. The molecular weight excluding hydrogens is 316 g/mol. The van der Waals surface area contributed by atoms with Gasteiger partial charge in [0.05, 0.1) is 12.7 Å². The minimum Gasteiger partial charge on any atom is -0.497 e. The molecule has 5 nitrogen and oxygen atoms in total. The standard InChI is InChI=1S/C20H20N2O3/c1-24-17-4-2-3-14(11-17)18-12-15-5-6-16(13-19(15)25-20(18)23)22-9-7-21-8-10-22/h2-6,11-13,21H,7-10H2,1H3. The molecule has 1 saturated heterocycles. The molecule has 128 valence electrons. The van der Waals surface area contributed by atoms with Crippen LogP contribution in [0.4, 0.5) is 5.69 Å². The summed E-state index contributed by atoms with van der Waals surface area (Å²) in [5, 5.41) is 4.25. The number of nitrogens with zero attached hydrogens (tertiary/aromatic N) is 1. The minimum atomic E-state index is -0.335. The van der Waals surface area contributed by atoms with Crippen LogP contribution in [0, 0.1) is 0 Å². The molecule has 2 aromatic carbocycles. The molecule has 0 radical (unpaired) electrons. The highest BCUT2D eigenvalue weighted by atomic mass is 16.5. The van der Waals surface area contributed by atoms with Crippen molar-refractivity contribution in [3.63, 3.8) is 0 Å². The van der Waals surface area contributed by atoms with E-state index in [9.17, 15) is 4.79 Å². The average Bonchev–Trinajstić information content (AvgIpc) is 2.67. The van der Waals surface area contributed by atoms with Crippen molar-refractivity contribution >= 4 is 16.7 Å². The van der Waals surface area contributed by atoms with Crippen molar-refractivity contribution in [2.45, 2.75) is 0 Å². The number of fused-ring (bicyclic) bond motifs is 1. The molecule has 0 aliphatic carbocycles. The minimum absolute atomic E-state index is 0.335. The summed E-state index contributed by atoms with van der Waals surface area (Å²) in [7, 11) is 1.61. The molecule has 4 rings (SSSR count). The van der Waals surface area contributed by atoms with Gasteiger partial charge in [-0.05, 0) is 35.9 Å². The van der Waals surface area contributed by atoms with Crippen molar-refractivity contribution in [2.75, 3.05) is 38.2 Å². The lowest BCUT2D eigenvalue weighted by molar-refractivity contribution is 0.415. The molecule has 3 aromatic rings. The Morgan fingerprint density at radius 1 is 1.08 bits per heavy atom. The monoisotopic (exact) mass is 336 g/mol. The van der Waals surface area contributed by atoms with E-state index in [4.69, 9.17) is 9.15 Å². The lowest BCUT2D eigenvalue weighted by Gasteiger charge is -2.29. The second kappa shape index (κ2) is 6.61. The van der Waals surface area contributed by atoms with Crippen LogP contribution in [0.25, 0.3) is 22.1 Å². The number of hydrogen-bond acceptors (Lipinski definition) is 5. The van der Waals surface area contributed by atoms with E-state index in [1.165, 1.54) is 0 Å². The van der Waals surface area contributed by atoms with Crippen LogP contribution in [-0.4, -0.2) is 33.3 Å². The maximum absolute atomic E-state index is 12.5. The summed E-state index contributed by atoms with van der Waals surface area (Å²) >= 11 is 0. The number of hydrogen-bond donors (Lipinski definition) is 1. The Labute approximate surface area is 145 Å². The van der Waals surface area contributed by atoms with Gasteiger partial charge in [-0.25, -0.2) is 4.79 Å². The largest absolute Gasteiger partial charge is 0.497 e. The first-order valence-corrected chi connectivity index (χ1v) is 8.42. The first kappa shape index (κ1) is 15.7. The highest BCUT2D eigenvalue weighted by Gasteiger charge is 2.13. The van der Waals surface area contributed by atoms with Crippen molar-refractivity contribution in [1.82, 2.24) is 5.32 Å². The fraction of sp³-hybridized carbons (Fsp3) is 0.250. The summed E-state index contributed by atoms with van der Waals surface area (Å²) in [4.78, 5) is 14.8. The van der Waals surface area contributed by atoms with Crippen LogP contribution in [0.2, 0.25) is 0 Å². The van der Waals surface area contributed by atoms with E-state index < -0.39 is 0 Å². The van der Waals surface area contributed by atoms with Crippen molar-refractivity contribution < 1.29 is 9.15 Å². The van der Waals surface area contributed by atoms with E-state index in [0.717, 1.165) is 42.8 Å². The molecular formula is C20H20N2O3. The third-order valence-corrected chi connectivity index (χ3v) is 4.58. The molecule has 1 aliphatic rings. The summed E-state index contributed by atoms with van der Waals surface area (Å²) in [5.41, 5.74) is 2.71. The topological polar surface area (TPSA) is 54.7 Å². The lowest BCUT2D eigenvalue weighted by atomic mass is 10.1. The number of anilines is 1. The zero-order valence-electron chi connectivity index (χ0n) is 14.1. The molecule has 0 bridgehead atoms. The molecule has 1 N–H and O–H groups in total. The van der Waals surface area contributed by atoms with Gasteiger partial charge in [0.15, 0.2) is 0 Å². The molecule has 0 atom stereocenters. The van der Waals surface area contributed by atoms with Crippen LogP contribution in [0.5, 0.6) is 5.75 Å². The zero-order valence-corrected chi connectivity index (χ0v) is 14.1. The predicted octanol–water partition coefficient (Wildman–Crippen LogP) is 2.88. The summed E-state index contributed by atoms with van der Waals surface area (Å²) in [6.45, 7) is 3.85. The van der Waals surface area contributed by atoms with Gasteiger partial charge in [-0.1, -0.05) is 12.1 Å². The number of rotatable bonds is 3. The van der Waals surface area contributed by atoms with Gasteiger partial charge in [-0.3, -0.25) is 0 Å². The van der Waals surface area contributed by atoms with Crippen molar-refractivity contribution in [1.29, 1.82) is 0 Å². The van der Waals surface area contributed by atoms with Crippen LogP contribution < -0.4 is 20.6 Å². The number of nitrogens with one attached hydrogen (secondary N) is 1. The molecule has 1 aromatic heterocycles. The van der Waals surface area contributed by atoms with Crippen LogP contribution in [0.1, 0.15) is 0 Å². The Bertz CT molecular complexity index is 959. The maximum atomic E-state index is 12.5. The number of benzene rings is 2. The van der Waals surface area contributed by atoms with Crippen molar-refractivity contribution in [3.05, 3.63) is 59.0 Å². The smallest absolute Gasteiger partial charge is 0.344 e. The molecule has 5 heteroatoms. The maximum Gasteiger partial charge on any atom is 0.344 e. The third-order valence-electron chi connectivity index (χ3n) is 4.58. The number of methoxy groups -OCH3 is 1. The van der Waals surface area contributed by atoms with Crippen LogP contribution in [-0.2, 0) is 0 Å². The second-order valence-electron chi connectivity index (χ2n) is 6.14. The van der Waals surface area contributed by atoms with Gasteiger partial charge in [0, 0.05) is 43.3 Å². The van der Waals surface area contributed by atoms with Gasteiger partial charge in [0.25, 0.3) is 0 Å². The Morgan fingerprint density at radius 2 is 1.92 bits per heavy atom. The fourth-order valence-corrected chi connectivity index (χ4v) is 3.21. The Morgan fingerprint density at radius 3 is 2.72 bits per heavy atom. The highest BCUT2D eigenvalue weighted by molar-refractivity contribution is 5.84. The van der Waals surface area contributed by atoms with E-state index in [2.05, 4.69) is 16.3 Å². The normalized spacial score (nSPS) is 14.7. The molecule has 1 fully saturated rings. The lowest BCUT2D eigenvalue weighted by Crippen LogP contribution is -2.43. The second-order valence-corrected chi connectivity index (χ2v) is 6.14. The Hall–Kier alpha value is -2.79. The van der Waals surface area contributed by atoms with E-state index in [1.54, 1.807) is 7.11 Å². The number of ether oxygens (including phenoxy) is 1. The molecule has 0 saturated carbocycles. The van der Waals surface area contributed by atoms with Crippen LogP contribution in [0.15, 0.2) is 57.7 Å². The van der Waals surface area contributed by atoms with E-state index in [0.29, 0.717) is 16.9 Å². The quantitative estimate of drug-likeness (QED) is 0.746. The van der Waals surface area contributed by atoms with Crippen molar-refractivity contribution in [2.24, 2.45) is 0 Å². The Balaban J connectivity index is 1.76. The molecule has 2 heterocycles. The SMILES string of the molecule is COc1cccc(-c2cc3ccc(N4CCNCC4)cc3oc2=O)c1.